The van der Waals surface area contributed by atoms with Gasteiger partial charge in [0.25, 0.3) is 5.91 Å². The third-order valence-corrected chi connectivity index (χ3v) is 3.91. The van der Waals surface area contributed by atoms with E-state index in [1.54, 1.807) is 9.91 Å². The van der Waals surface area contributed by atoms with Crippen molar-refractivity contribution in [2.45, 2.75) is 12.5 Å². The fraction of sp³-hybridized carbons (Fsp3) is 0.400. The lowest BCUT2D eigenvalue weighted by Gasteiger charge is -2.27. The van der Waals surface area contributed by atoms with Gasteiger partial charge in [0.05, 0.1) is 5.69 Å². The molecule has 2 aliphatic rings. The van der Waals surface area contributed by atoms with Crippen molar-refractivity contribution in [1.29, 1.82) is 0 Å². The van der Waals surface area contributed by atoms with Gasteiger partial charge < -0.3 is 16.0 Å². The van der Waals surface area contributed by atoms with E-state index in [0.717, 1.165) is 18.8 Å². The number of hydrazone groups is 1. The van der Waals surface area contributed by atoms with Crippen molar-refractivity contribution >= 4 is 35.6 Å². The van der Waals surface area contributed by atoms with Gasteiger partial charge in [-0.25, -0.2) is 0 Å². The highest BCUT2D eigenvalue weighted by molar-refractivity contribution is 6.40. The summed E-state index contributed by atoms with van der Waals surface area (Å²) in [7, 11) is 0. The molecular formula is C15H20ClN5O2. The zero-order valence-corrected chi connectivity index (χ0v) is 13.5. The number of primary amides is 1. The summed E-state index contributed by atoms with van der Waals surface area (Å²) in [6, 6.07) is 8.69. The van der Waals surface area contributed by atoms with Crippen LogP contribution in [0.3, 0.4) is 0 Å². The number of benzene rings is 1. The van der Waals surface area contributed by atoms with Crippen LogP contribution in [0, 0.1) is 0 Å². The third kappa shape index (κ3) is 3.62. The van der Waals surface area contributed by atoms with E-state index in [2.05, 4.69) is 10.4 Å². The number of carbonyl (C=O) groups is 2. The number of rotatable bonds is 3. The second kappa shape index (κ2) is 7.43. The fourth-order valence-corrected chi connectivity index (χ4v) is 2.73. The molecule has 3 rings (SSSR count). The number of para-hydroxylation sites is 1. The lowest BCUT2D eigenvalue weighted by atomic mass is 10.1. The molecule has 0 radical (unpaired) electrons. The molecule has 0 bridgehead atoms. The molecular weight excluding hydrogens is 318 g/mol. The fourth-order valence-electron chi connectivity index (χ4n) is 2.73. The molecule has 23 heavy (non-hydrogen) atoms. The Morgan fingerprint density at radius 1 is 1.17 bits per heavy atom. The monoisotopic (exact) mass is 337 g/mol. The van der Waals surface area contributed by atoms with Gasteiger partial charge in [0.1, 0.15) is 11.8 Å². The number of nitrogens with two attached hydrogens (primary N) is 1. The SMILES string of the molecule is Cl.NC(=O)C1CC(C(=O)N2CCNCC2)=NN1c1ccccc1. The molecule has 2 aliphatic heterocycles. The first-order chi connectivity index (χ1) is 10.7. The van der Waals surface area contributed by atoms with E-state index in [9.17, 15) is 9.59 Å². The lowest BCUT2D eigenvalue weighted by Crippen LogP contribution is -2.48. The van der Waals surface area contributed by atoms with Crippen LogP contribution in [-0.2, 0) is 9.59 Å². The molecule has 124 valence electrons. The van der Waals surface area contributed by atoms with Gasteiger partial charge in [-0.2, -0.15) is 5.10 Å². The first kappa shape index (κ1) is 17.2. The number of amides is 2. The van der Waals surface area contributed by atoms with Crippen LogP contribution < -0.4 is 16.1 Å². The van der Waals surface area contributed by atoms with Gasteiger partial charge in [-0.1, -0.05) is 18.2 Å². The van der Waals surface area contributed by atoms with Gasteiger partial charge in [0.15, 0.2) is 0 Å². The van der Waals surface area contributed by atoms with Gasteiger partial charge in [-0.05, 0) is 12.1 Å². The van der Waals surface area contributed by atoms with Crippen molar-refractivity contribution in [3.8, 4) is 0 Å². The van der Waals surface area contributed by atoms with Gasteiger partial charge >= 0.3 is 0 Å². The van der Waals surface area contributed by atoms with Crippen molar-refractivity contribution in [1.82, 2.24) is 10.2 Å². The largest absolute Gasteiger partial charge is 0.368 e. The molecule has 0 aromatic heterocycles. The molecule has 1 unspecified atom stereocenters. The Labute approximate surface area is 140 Å². The Morgan fingerprint density at radius 3 is 2.43 bits per heavy atom. The van der Waals surface area contributed by atoms with E-state index in [4.69, 9.17) is 5.73 Å². The van der Waals surface area contributed by atoms with E-state index in [-0.39, 0.29) is 24.7 Å². The molecule has 1 fully saturated rings. The maximum atomic E-state index is 12.5. The summed E-state index contributed by atoms with van der Waals surface area (Å²) in [6.45, 7) is 2.87. The van der Waals surface area contributed by atoms with Crippen molar-refractivity contribution in [2.75, 3.05) is 31.2 Å². The lowest BCUT2D eigenvalue weighted by molar-refractivity contribution is -0.124. The second-order valence-electron chi connectivity index (χ2n) is 5.39. The molecule has 1 saturated heterocycles. The predicted molar refractivity (Wildman–Crippen MR) is 90.7 cm³/mol. The van der Waals surface area contributed by atoms with E-state index in [1.165, 1.54) is 0 Å². The summed E-state index contributed by atoms with van der Waals surface area (Å²) in [5.74, 6) is -0.582. The third-order valence-electron chi connectivity index (χ3n) is 3.91. The highest BCUT2D eigenvalue weighted by Gasteiger charge is 2.36. The Hall–Kier alpha value is -2.12. The van der Waals surface area contributed by atoms with Crippen LogP contribution >= 0.6 is 12.4 Å². The number of nitrogens with one attached hydrogen (secondary N) is 1. The summed E-state index contributed by atoms with van der Waals surface area (Å²) in [5, 5.41) is 9.13. The average Bonchev–Trinajstić information content (AvgIpc) is 3.01. The molecule has 3 N–H and O–H groups in total. The molecule has 7 nitrogen and oxygen atoms in total. The van der Waals surface area contributed by atoms with Gasteiger partial charge in [-0.15, -0.1) is 12.4 Å². The number of hydrogen-bond acceptors (Lipinski definition) is 5. The van der Waals surface area contributed by atoms with Gasteiger partial charge in [0.2, 0.25) is 5.91 Å². The quantitative estimate of drug-likeness (QED) is 0.809. The summed E-state index contributed by atoms with van der Waals surface area (Å²) in [5.41, 5.74) is 6.63. The topological polar surface area (TPSA) is 91.0 Å². The Morgan fingerprint density at radius 2 is 1.83 bits per heavy atom. The number of halogens is 1. The Kier molecular flexibility index (Phi) is 5.57. The first-order valence-corrected chi connectivity index (χ1v) is 7.38. The first-order valence-electron chi connectivity index (χ1n) is 7.38. The maximum Gasteiger partial charge on any atom is 0.270 e. The zero-order chi connectivity index (χ0) is 15.5. The van der Waals surface area contributed by atoms with E-state index >= 15 is 0 Å². The molecule has 8 heteroatoms. The van der Waals surface area contributed by atoms with Crippen molar-refractivity contribution < 1.29 is 9.59 Å². The zero-order valence-electron chi connectivity index (χ0n) is 12.6. The predicted octanol–water partition coefficient (Wildman–Crippen LogP) is -0.0398. The van der Waals surface area contributed by atoms with Crippen molar-refractivity contribution in [2.24, 2.45) is 10.8 Å². The molecule has 0 saturated carbocycles. The number of carbonyl (C=O) groups excluding carboxylic acids is 2. The van der Waals surface area contributed by atoms with Crippen LogP contribution in [0.2, 0.25) is 0 Å². The van der Waals surface area contributed by atoms with Gasteiger partial charge in [-0.3, -0.25) is 14.6 Å². The van der Waals surface area contributed by atoms with Crippen molar-refractivity contribution in [3.05, 3.63) is 30.3 Å². The van der Waals surface area contributed by atoms with Crippen LogP contribution in [0.1, 0.15) is 6.42 Å². The minimum absolute atomic E-state index is 0. The van der Waals surface area contributed by atoms with E-state index < -0.39 is 11.9 Å². The molecule has 0 spiro atoms. The molecule has 1 atom stereocenters. The van der Waals surface area contributed by atoms with E-state index in [1.807, 2.05) is 30.3 Å². The number of hydrogen-bond donors (Lipinski definition) is 2. The van der Waals surface area contributed by atoms with Crippen LogP contribution in [0.15, 0.2) is 35.4 Å². The van der Waals surface area contributed by atoms with Crippen LogP contribution in [0.5, 0.6) is 0 Å². The summed E-state index contributed by atoms with van der Waals surface area (Å²) in [6.07, 6.45) is 0.257. The molecule has 0 aliphatic carbocycles. The number of nitrogens with zero attached hydrogens (tertiary/aromatic N) is 3. The smallest absolute Gasteiger partial charge is 0.270 e. The second-order valence-corrected chi connectivity index (χ2v) is 5.39. The molecule has 2 amide bonds. The minimum Gasteiger partial charge on any atom is -0.368 e. The number of piperazine rings is 1. The normalized spacial score (nSPS) is 20.7. The summed E-state index contributed by atoms with van der Waals surface area (Å²) < 4.78 is 0. The van der Waals surface area contributed by atoms with Gasteiger partial charge in [0, 0.05) is 32.6 Å². The standard InChI is InChI=1S/C15H19N5O2.ClH/c16-14(21)13-10-12(15(22)19-8-6-17-7-9-19)18-20(13)11-4-2-1-3-5-11;/h1-5,13,17H,6-10H2,(H2,16,21);1H. The molecule has 1 aromatic carbocycles. The molecule has 1 aromatic rings. The van der Waals surface area contributed by atoms with E-state index in [0.29, 0.717) is 18.8 Å². The van der Waals surface area contributed by atoms with Crippen LogP contribution in [0.4, 0.5) is 5.69 Å². The minimum atomic E-state index is -0.607. The Balaban J connectivity index is 0.00000192. The van der Waals surface area contributed by atoms with Crippen LogP contribution in [0.25, 0.3) is 0 Å². The highest BCUT2D eigenvalue weighted by atomic mass is 35.5. The maximum absolute atomic E-state index is 12.5. The van der Waals surface area contributed by atoms with Crippen molar-refractivity contribution in [3.63, 3.8) is 0 Å². The summed E-state index contributed by atoms with van der Waals surface area (Å²) in [4.78, 5) is 26.0. The molecule has 2 heterocycles. The Bertz CT molecular complexity index is 601. The highest BCUT2D eigenvalue weighted by Crippen LogP contribution is 2.24. The number of anilines is 1. The summed E-state index contributed by atoms with van der Waals surface area (Å²) >= 11 is 0. The van der Waals surface area contributed by atoms with Crippen LogP contribution in [-0.4, -0.2) is 54.6 Å². The average molecular weight is 338 g/mol.